The van der Waals surface area contributed by atoms with E-state index in [1.807, 2.05) is 27.7 Å². The maximum atomic E-state index is 13.1. The summed E-state index contributed by atoms with van der Waals surface area (Å²) in [6.45, 7) is 7.58. The first-order valence-electron chi connectivity index (χ1n) is 8.88. The van der Waals surface area contributed by atoms with E-state index >= 15 is 0 Å². The number of amides is 1. The molecule has 0 saturated heterocycles. The van der Waals surface area contributed by atoms with Gasteiger partial charge in [-0.2, -0.15) is 5.10 Å². The van der Waals surface area contributed by atoms with Crippen LogP contribution in [-0.2, 0) is 11.2 Å². The molecule has 0 fully saturated rings. The topological polar surface area (TPSA) is 73.0 Å². The van der Waals surface area contributed by atoms with Gasteiger partial charge in [-0.3, -0.25) is 4.79 Å². The number of halogens is 1. The van der Waals surface area contributed by atoms with Crippen molar-refractivity contribution in [1.82, 2.24) is 20.3 Å². The van der Waals surface area contributed by atoms with Crippen LogP contribution in [0.25, 0.3) is 5.69 Å². The van der Waals surface area contributed by atoms with Crippen LogP contribution in [0.3, 0.4) is 0 Å². The molecule has 7 heteroatoms. The van der Waals surface area contributed by atoms with E-state index in [0.717, 1.165) is 34.0 Å². The van der Waals surface area contributed by atoms with E-state index in [9.17, 15) is 9.18 Å². The lowest BCUT2D eigenvalue weighted by molar-refractivity contribution is -0.121. The Morgan fingerprint density at radius 1 is 1.26 bits per heavy atom. The van der Waals surface area contributed by atoms with Gasteiger partial charge in [0.2, 0.25) is 5.91 Å². The third-order valence-corrected chi connectivity index (χ3v) is 4.75. The molecule has 6 nitrogen and oxygen atoms in total. The number of carbonyl (C=O) groups is 1. The smallest absolute Gasteiger partial charge is 0.220 e. The number of hydrogen-bond donors (Lipinski definition) is 1. The normalized spacial score (nSPS) is 12.2. The van der Waals surface area contributed by atoms with Gasteiger partial charge in [0.15, 0.2) is 0 Å². The molecule has 0 bridgehead atoms. The minimum absolute atomic E-state index is 0.0450. The molecule has 142 valence electrons. The molecular formula is C20H23FN4O2. The largest absolute Gasteiger partial charge is 0.361 e. The lowest BCUT2D eigenvalue weighted by atomic mass is 10.1. The summed E-state index contributed by atoms with van der Waals surface area (Å²) >= 11 is 0. The zero-order chi connectivity index (χ0) is 19.6. The molecule has 0 spiro atoms. The minimum Gasteiger partial charge on any atom is -0.361 e. The summed E-state index contributed by atoms with van der Waals surface area (Å²) in [6.07, 6.45) is 2.68. The molecule has 3 aromatic rings. The van der Waals surface area contributed by atoms with E-state index in [4.69, 9.17) is 4.52 Å². The maximum absolute atomic E-state index is 13.1. The van der Waals surface area contributed by atoms with Gasteiger partial charge < -0.3 is 9.84 Å². The van der Waals surface area contributed by atoms with Crippen molar-refractivity contribution in [3.05, 3.63) is 64.6 Å². The van der Waals surface area contributed by atoms with Crippen molar-refractivity contribution in [1.29, 1.82) is 0 Å². The second kappa shape index (κ2) is 7.73. The number of rotatable bonds is 6. The van der Waals surface area contributed by atoms with Crippen LogP contribution in [0.4, 0.5) is 4.39 Å². The SMILES string of the molecule is Cc1noc(C)c1CCC(=O)NC(C)c1cnn(-c2ccc(F)cc2)c1C. The Balaban J connectivity index is 1.65. The second-order valence-corrected chi connectivity index (χ2v) is 6.67. The van der Waals surface area contributed by atoms with Crippen LogP contribution in [0.2, 0.25) is 0 Å². The fourth-order valence-electron chi connectivity index (χ4n) is 3.18. The second-order valence-electron chi connectivity index (χ2n) is 6.67. The number of aromatic nitrogens is 3. The lowest BCUT2D eigenvalue weighted by Crippen LogP contribution is -2.27. The zero-order valence-corrected chi connectivity index (χ0v) is 15.9. The van der Waals surface area contributed by atoms with Crippen molar-refractivity contribution in [2.24, 2.45) is 0 Å². The Morgan fingerprint density at radius 2 is 1.96 bits per heavy atom. The van der Waals surface area contributed by atoms with Crippen LogP contribution >= 0.6 is 0 Å². The van der Waals surface area contributed by atoms with E-state index in [0.29, 0.717) is 12.8 Å². The van der Waals surface area contributed by atoms with Crippen LogP contribution in [0.1, 0.15) is 47.7 Å². The Morgan fingerprint density at radius 3 is 2.59 bits per heavy atom. The molecule has 1 atom stereocenters. The van der Waals surface area contributed by atoms with Crippen molar-refractivity contribution in [3.8, 4) is 5.69 Å². The summed E-state index contributed by atoms with van der Waals surface area (Å²) in [5, 5.41) is 11.3. The fourth-order valence-corrected chi connectivity index (χ4v) is 3.18. The molecule has 0 aliphatic carbocycles. The van der Waals surface area contributed by atoms with E-state index in [1.54, 1.807) is 23.0 Å². The third kappa shape index (κ3) is 4.07. The highest BCUT2D eigenvalue weighted by Gasteiger charge is 2.17. The zero-order valence-electron chi connectivity index (χ0n) is 15.9. The van der Waals surface area contributed by atoms with Crippen LogP contribution in [-0.4, -0.2) is 20.8 Å². The molecule has 2 aromatic heterocycles. The van der Waals surface area contributed by atoms with Gasteiger partial charge in [-0.25, -0.2) is 9.07 Å². The predicted octanol–water partition coefficient (Wildman–Crippen LogP) is 3.73. The summed E-state index contributed by atoms with van der Waals surface area (Å²) in [7, 11) is 0. The predicted molar refractivity (Wildman–Crippen MR) is 99.1 cm³/mol. The van der Waals surface area contributed by atoms with Gasteiger partial charge in [-0.1, -0.05) is 5.16 Å². The van der Waals surface area contributed by atoms with Crippen molar-refractivity contribution < 1.29 is 13.7 Å². The van der Waals surface area contributed by atoms with Gasteiger partial charge in [0, 0.05) is 23.2 Å². The highest BCUT2D eigenvalue weighted by atomic mass is 19.1. The monoisotopic (exact) mass is 370 g/mol. The molecule has 0 radical (unpaired) electrons. The van der Waals surface area contributed by atoms with Crippen molar-refractivity contribution >= 4 is 5.91 Å². The highest BCUT2D eigenvalue weighted by Crippen LogP contribution is 2.21. The number of hydrogen-bond acceptors (Lipinski definition) is 4. The summed E-state index contributed by atoms with van der Waals surface area (Å²) in [4.78, 5) is 12.3. The standard InChI is InChI=1S/C20H23FN4O2/c1-12(23-20(26)10-9-18-13(2)24-27-15(18)4)19-11-22-25(14(19)3)17-7-5-16(21)6-8-17/h5-8,11-12H,9-10H2,1-4H3,(H,23,26). The van der Waals surface area contributed by atoms with Crippen LogP contribution in [0.5, 0.6) is 0 Å². The Kier molecular flexibility index (Phi) is 5.39. The van der Waals surface area contributed by atoms with Crippen LogP contribution in [0, 0.1) is 26.6 Å². The van der Waals surface area contributed by atoms with Crippen LogP contribution < -0.4 is 5.32 Å². The quantitative estimate of drug-likeness (QED) is 0.717. The first-order chi connectivity index (χ1) is 12.9. The van der Waals surface area contributed by atoms with Gasteiger partial charge in [-0.15, -0.1) is 0 Å². The maximum Gasteiger partial charge on any atom is 0.220 e. The molecule has 2 heterocycles. The van der Waals surface area contributed by atoms with Crippen LogP contribution in [0.15, 0.2) is 35.0 Å². The number of aryl methyl sites for hydroxylation is 2. The lowest BCUT2D eigenvalue weighted by Gasteiger charge is -2.14. The molecule has 27 heavy (non-hydrogen) atoms. The van der Waals surface area contributed by atoms with Crippen molar-refractivity contribution in [2.75, 3.05) is 0 Å². The minimum atomic E-state index is -0.289. The highest BCUT2D eigenvalue weighted by molar-refractivity contribution is 5.76. The Labute approximate surface area is 157 Å². The molecule has 1 N–H and O–H groups in total. The van der Waals surface area contributed by atoms with Gasteiger partial charge in [0.05, 0.1) is 23.6 Å². The molecule has 0 saturated carbocycles. The summed E-state index contributed by atoms with van der Waals surface area (Å²) in [5.41, 5.74) is 4.41. The van der Waals surface area contributed by atoms with E-state index in [1.165, 1.54) is 12.1 Å². The first kappa shape index (κ1) is 18.8. The molecular weight excluding hydrogens is 347 g/mol. The van der Waals surface area contributed by atoms with E-state index in [-0.39, 0.29) is 17.8 Å². The summed E-state index contributed by atoms with van der Waals surface area (Å²) in [6, 6.07) is 5.96. The number of nitrogens with one attached hydrogen (secondary N) is 1. The van der Waals surface area contributed by atoms with Gasteiger partial charge in [0.1, 0.15) is 11.6 Å². The average molecular weight is 370 g/mol. The molecule has 1 aromatic carbocycles. The van der Waals surface area contributed by atoms with Gasteiger partial charge in [0.25, 0.3) is 0 Å². The third-order valence-electron chi connectivity index (χ3n) is 4.75. The van der Waals surface area contributed by atoms with Gasteiger partial charge in [-0.05, 0) is 58.4 Å². The van der Waals surface area contributed by atoms with Crippen molar-refractivity contribution in [2.45, 2.75) is 46.6 Å². The molecule has 1 amide bonds. The Hall–Kier alpha value is -2.96. The number of nitrogens with zero attached hydrogens (tertiary/aromatic N) is 3. The molecule has 0 aliphatic rings. The van der Waals surface area contributed by atoms with Gasteiger partial charge >= 0.3 is 0 Å². The van der Waals surface area contributed by atoms with E-state index < -0.39 is 0 Å². The average Bonchev–Trinajstić information content (AvgIpc) is 3.16. The van der Waals surface area contributed by atoms with Crippen molar-refractivity contribution in [3.63, 3.8) is 0 Å². The first-order valence-corrected chi connectivity index (χ1v) is 8.88. The number of benzene rings is 1. The summed E-state index contributed by atoms with van der Waals surface area (Å²) < 4.78 is 20.0. The number of carbonyl (C=O) groups excluding carboxylic acids is 1. The molecule has 0 aliphatic heterocycles. The Bertz CT molecular complexity index is 924. The molecule has 1 unspecified atom stereocenters. The fraction of sp³-hybridized carbons (Fsp3) is 0.350. The summed E-state index contributed by atoms with van der Waals surface area (Å²) in [5.74, 6) is 0.420. The van der Waals surface area contributed by atoms with E-state index in [2.05, 4.69) is 15.6 Å². The molecule has 3 rings (SSSR count).